The molecule has 12 heteroatoms. The van der Waals surface area contributed by atoms with Crippen LogP contribution in [-0.4, -0.2) is 83.9 Å². The van der Waals surface area contributed by atoms with Crippen LogP contribution < -0.4 is 27.0 Å². The highest BCUT2D eigenvalue weighted by Crippen LogP contribution is 2.17. The van der Waals surface area contributed by atoms with E-state index in [1.807, 2.05) is 27.7 Å². The molecule has 12 nitrogen and oxygen atoms in total. The highest BCUT2D eigenvalue weighted by molar-refractivity contribution is 5.91. The second-order valence-electron chi connectivity index (χ2n) is 8.89. The smallest absolute Gasteiger partial charge is 0.320 e. The number of hydrogen-bond acceptors (Lipinski definition) is 8. The lowest BCUT2D eigenvalue weighted by molar-refractivity contribution is -0.142. The molecule has 0 bridgehead atoms. The lowest BCUT2D eigenvalue weighted by Crippen LogP contribution is -2.69. The van der Waals surface area contributed by atoms with E-state index in [2.05, 4.69) is 35.1 Å². The van der Waals surface area contributed by atoms with E-state index in [-0.39, 0.29) is 38.5 Å². The number of carboxylic acids is 1. The van der Waals surface area contributed by atoms with Crippen molar-refractivity contribution in [3.8, 4) is 5.75 Å². The van der Waals surface area contributed by atoms with E-state index in [1.165, 1.54) is 32.4 Å². The number of phenolic OH excluding ortho intramolecular Hbond substituents is 1. The summed E-state index contributed by atoms with van der Waals surface area (Å²) >= 11 is 0. The summed E-state index contributed by atoms with van der Waals surface area (Å²) in [6, 6.07) is 3.69. The number of benzene rings is 1. The average molecular weight is 570 g/mol. The van der Waals surface area contributed by atoms with Gasteiger partial charge in [-0.2, -0.15) is 0 Å². The van der Waals surface area contributed by atoms with E-state index in [9.17, 15) is 24.3 Å². The number of aliphatic carboxylic acids is 1. The van der Waals surface area contributed by atoms with Crippen molar-refractivity contribution in [1.82, 2.24) is 21.3 Å². The first kappa shape index (κ1) is 38.9. The third-order valence-corrected chi connectivity index (χ3v) is 5.17. The molecule has 0 aromatic heterocycles. The van der Waals surface area contributed by atoms with Crippen molar-refractivity contribution in [1.29, 1.82) is 0 Å². The van der Waals surface area contributed by atoms with Crippen LogP contribution in [0.4, 0.5) is 0 Å². The summed E-state index contributed by atoms with van der Waals surface area (Å²) in [7, 11) is 0. The fourth-order valence-corrected chi connectivity index (χ4v) is 3.15. The molecular formula is C28H51N5O7. The van der Waals surface area contributed by atoms with Crippen LogP contribution in [0.1, 0.15) is 67.4 Å². The van der Waals surface area contributed by atoms with E-state index in [0.717, 1.165) is 5.56 Å². The van der Waals surface area contributed by atoms with Gasteiger partial charge in [-0.15, -0.1) is 0 Å². The molecule has 0 aliphatic carbocycles. The topological polar surface area (TPSA) is 192 Å². The number of ether oxygens (including phenoxy) is 1. The highest BCUT2D eigenvalue weighted by Gasteiger charge is 2.41. The first-order valence-electron chi connectivity index (χ1n) is 13.9. The van der Waals surface area contributed by atoms with Crippen LogP contribution in [0.25, 0.3) is 0 Å². The number of carbonyl (C=O) groups is 4. The van der Waals surface area contributed by atoms with Gasteiger partial charge in [-0.3, -0.25) is 24.5 Å². The third-order valence-electron chi connectivity index (χ3n) is 5.17. The Balaban J connectivity index is 0. The fraction of sp³-hybridized carbons (Fsp3) is 0.643. The van der Waals surface area contributed by atoms with E-state index < -0.39 is 47.4 Å². The lowest BCUT2D eigenvalue weighted by Gasteiger charge is -2.43. The summed E-state index contributed by atoms with van der Waals surface area (Å²) in [6.07, 6.45) is 1.48. The lowest BCUT2D eigenvalue weighted by atomic mass is 9.96. The van der Waals surface area contributed by atoms with Crippen LogP contribution in [0.5, 0.6) is 5.75 Å². The molecule has 3 unspecified atom stereocenters. The van der Waals surface area contributed by atoms with Crippen molar-refractivity contribution in [2.45, 2.75) is 91.9 Å². The number of aromatic hydroxyl groups is 1. The quantitative estimate of drug-likeness (QED) is 0.194. The Bertz CT molecular complexity index is 876. The van der Waals surface area contributed by atoms with Crippen LogP contribution in [0.15, 0.2) is 24.3 Å². The fourth-order valence-electron chi connectivity index (χ4n) is 3.15. The van der Waals surface area contributed by atoms with Gasteiger partial charge in [-0.25, -0.2) is 0 Å². The molecule has 1 aliphatic heterocycles. The molecule has 1 aromatic carbocycles. The van der Waals surface area contributed by atoms with Gasteiger partial charge < -0.3 is 36.6 Å². The molecule has 0 saturated carbocycles. The van der Waals surface area contributed by atoms with Gasteiger partial charge in [0.1, 0.15) is 17.8 Å². The summed E-state index contributed by atoms with van der Waals surface area (Å²) < 4.78 is 5.15. The Labute approximate surface area is 238 Å². The molecule has 40 heavy (non-hydrogen) atoms. The van der Waals surface area contributed by atoms with Crippen LogP contribution in [-0.2, 0) is 30.3 Å². The highest BCUT2D eigenvalue weighted by atomic mass is 16.5. The Kier molecular flexibility index (Phi) is 21.0. The molecule has 3 atom stereocenters. The van der Waals surface area contributed by atoms with Gasteiger partial charge in [-0.1, -0.05) is 60.1 Å². The van der Waals surface area contributed by atoms with Gasteiger partial charge in [0, 0.05) is 6.54 Å². The van der Waals surface area contributed by atoms with Crippen LogP contribution in [0, 0.1) is 0 Å². The zero-order valence-electron chi connectivity index (χ0n) is 25.3. The standard InChI is InChI=1S/C21H31N5O7.C3H8.2C2H6/c1-12(18(29)24-9-21(10-33-11-21)26-13(2)20(31)32)25-17(28)8-23-19(30)16(22)7-14-3-5-15(27)6-4-14;1-3-2;2*1-2/h3-6,12-13,16,26-27H,7-11,22H2,1-2H3,(H,23,30)(H,24,29)(H,25,28)(H,31,32);3H2,1-2H3;2*1-2H3. The van der Waals surface area contributed by atoms with Crippen molar-refractivity contribution in [2.75, 3.05) is 26.3 Å². The SMILES string of the molecule is CC.CC.CC(NC1(CNC(=O)C(C)NC(=O)CNC(=O)C(N)Cc2ccc(O)cc2)COC1)C(=O)O.CCC. The number of phenols is 1. The molecular weight excluding hydrogens is 518 g/mol. The van der Waals surface area contributed by atoms with Gasteiger partial charge in [0.2, 0.25) is 17.7 Å². The Morgan fingerprint density at radius 1 is 0.950 bits per heavy atom. The van der Waals surface area contributed by atoms with Crippen LogP contribution in [0.3, 0.4) is 0 Å². The minimum absolute atomic E-state index is 0.105. The summed E-state index contributed by atoms with van der Waals surface area (Å²) in [5.74, 6) is -2.47. The monoisotopic (exact) mass is 569 g/mol. The number of amides is 3. The normalized spacial score (nSPS) is 14.8. The van der Waals surface area contributed by atoms with E-state index in [0.29, 0.717) is 0 Å². The molecule has 1 aliphatic rings. The summed E-state index contributed by atoms with van der Waals surface area (Å²) in [6.45, 7) is 15.5. The van der Waals surface area contributed by atoms with Crippen molar-refractivity contribution in [2.24, 2.45) is 5.73 Å². The van der Waals surface area contributed by atoms with Crippen molar-refractivity contribution >= 4 is 23.7 Å². The molecule has 1 heterocycles. The van der Waals surface area contributed by atoms with E-state index in [4.69, 9.17) is 15.6 Å². The maximum atomic E-state index is 12.3. The second kappa shape index (κ2) is 21.6. The minimum Gasteiger partial charge on any atom is -0.508 e. The first-order valence-corrected chi connectivity index (χ1v) is 13.9. The molecule has 0 spiro atoms. The largest absolute Gasteiger partial charge is 0.508 e. The second-order valence-corrected chi connectivity index (χ2v) is 8.89. The number of nitrogens with one attached hydrogen (secondary N) is 4. The summed E-state index contributed by atoms with van der Waals surface area (Å²) in [5, 5.41) is 28.8. The van der Waals surface area contributed by atoms with Crippen molar-refractivity contribution in [3.63, 3.8) is 0 Å². The van der Waals surface area contributed by atoms with E-state index >= 15 is 0 Å². The number of carbonyl (C=O) groups excluding carboxylic acids is 3. The molecule has 0 radical (unpaired) electrons. The Hall–Kier alpha value is -3.22. The van der Waals surface area contributed by atoms with Gasteiger partial charge >= 0.3 is 5.97 Å². The zero-order chi connectivity index (χ0) is 31.3. The maximum absolute atomic E-state index is 12.3. The van der Waals surface area contributed by atoms with Gasteiger partial charge in [0.05, 0.1) is 31.3 Å². The predicted octanol–water partition coefficient (Wildman–Crippen LogP) is 1.30. The minimum atomic E-state index is -1.02. The van der Waals surface area contributed by atoms with Crippen LogP contribution in [0.2, 0.25) is 0 Å². The average Bonchev–Trinajstić information content (AvgIpc) is 2.92. The third kappa shape index (κ3) is 15.4. The Morgan fingerprint density at radius 3 is 1.93 bits per heavy atom. The van der Waals surface area contributed by atoms with Crippen molar-refractivity contribution < 1.29 is 34.1 Å². The number of nitrogens with two attached hydrogens (primary N) is 1. The molecule has 1 aromatic rings. The molecule has 1 fully saturated rings. The number of carboxylic acid groups (broad SMARTS) is 1. The van der Waals surface area contributed by atoms with Crippen molar-refractivity contribution in [3.05, 3.63) is 29.8 Å². The predicted molar refractivity (Wildman–Crippen MR) is 156 cm³/mol. The summed E-state index contributed by atoms with van der Waals surface area (Å²) in [5.41, 5.74) is 5.93. The molecule has 1 saturated heterocycles. The van der Waals surface area contributed by atoms with Crippen LogP contribution >= 0.6 is 0 Å². The summed E-state index contributed by atoms with van der Waals surface area (Å²) in [4.78, 5) is 47.6. The van der Waals surface area contributed by atoms with E-state index in [1.54, 1.807) is 12.1 Å². The van der Waals surface area contributed by atoms with Gasteiger partial charge in [0.15, 0.2) is 0 Å². The Morgan fingerprint density at radius 2 is 1.48 bits per heavy atom. The van der Waals surface area contributed by atoms with Gasteiger partial charge in [-0.05, 0) is 38.0 Å². The molecule has 3 amide bonds. The first-order chi connectivity index (χ1) is 18.9. The molecule has 2 rings (SSSR count). The maximum Gasteiger partial charge on any atom is 0.320 e. The molecule has 230 valence electrons. The number of hydrogen-bond donors (Lipinski definition) is 7. The number of rotatable bonds is 12. The van der Waals surface area contributed by atoms with Gasteiger partial charge in [0.25, 0.3) is 0 Å². The molecule has 8 N–H and O–H groups in total. The zero-order valence-corrected chi connectivity index (χ0v) is 25.3.